The Kier molecular flexibility index (Phi) is 2.77. The molecule has 1 aliphatic carbocycles. The first-order valence-electron chi connectivity index (χ1n) is 5.73. The third kappa shape index (κ3) is 2.03. The molecule has 1 aliphatic rings. The number of hydrogen-bond donors (Lipinski definition) is 2. The van der Waals surface area contributed by atoms with E-state index in [1.807, 2.05) is 6.07 Å². The predicted octanol–water partition coefficient (Wildman–Crippen LogP) is 3.46. The molecule has 0 bridgehead atoms. The lowest BCUT2D eigenvalue weighted by Crippen LogP contribution is -2.14. The zero-order valence-electron chi connectivity index (χ0n) is 9.21. The van der Waals surface area contributed by atoms with E-state index < -0.39 is 0 Å². The van der Waals surface area contributed by atoms with Gasteiger partial charge in [-0.3, -0.25) is 0 Å². The molecular formula is C12H13Cl2N3. The molecule has 1 aromatic carbocycles. The standard InChI is InChI=1S/C12H13Cl2N3/c13-8-4-10-11(5-9(8)14)17-12(16-10)6-1-2-7(15)3-6/h4-7H,1-3,15H2,(H,16,17). The van der Waals surface area contributed by atoms with Crippen molar-refractivity contribution >= 4 is 34.2 Å². The van der Waals surface area contributed by atoms with Crippen molar-refractivity contribution in [3.63, 3.8) is 0 Å². The zero-order chi connectivity index (χ0) is 12.0. The maximum absolute atomic E-state index is 5.98. The van der Waals surface area contributed by atoms with Crippen LogP contribution in [0.3, 0.4) is 0 Å². The molecule has 3 nitrogen and oxygen atoms in total. The summed E-state index contributed by atoms with van der Waals surface area (Å²) in [5.41, 5.74) is 7.73. The molecule has 90 valence electrons. The fourth-order valence-electron chi connectivity index (χ4n) is 2.48. The summed E-state index contributed by atoms with van der Waals surface area (Å²) >= 11 is 12.0. The van der Waals surface area contributed by atoms with Gasteiger partial charge in [0.15, 0.2) is 0 Å². The first-order chi connectivity index (χ1) is 8.13. The van der Waals surface area contributed by atoms with Crippen molar-refractivity contribution in [1.29, 1.82) is 0 Å². The van der Waals surface area contributed by atoms with Gasteiger partial charge in [-0.2, -0.15) is 0 Å². The number of nitrogens with zero attached hydrogens (tertiary/aromatic N) is 1. The minimum Gasteiger partial charge on any atom is -0.342 e. The van der Waals surface area contributed by atoms with E-state index in [1.54, 1.807) is 6.07 Å². The predicted molar refractivity (Wildman–Crippen MR) is 70.7 cm³/mol. The van der Waals surface area contributed by atoms with Crippen molar-refractivity contribution < 1.29 is 0 Å². The fraction of sp³-hybridized carbons (Fsp3) is 0.417. The molecule has 2 atom stereocenters. The Morgan fingerprint density at radius 2 is 2.00 bits per heavy atom. The number of nitrogens with one attached hydrogen (secondary N) is 1. The Balaban J connectivity index is 2.02. The van der Waals surface area contributed by atoms with Gasteiger partial charge in [0.1, 0.15) is 5.82 Å². The molecule has 17 heavy (non-hydrogen) atoms. The van der Waals surface area contributed by atoms with Gasteiger partial charge in [-0.1, -0.05) is 23.2 Å². The lowest BCUT2D eigenvalue weighted by molar-refractivity contribution is 0.651. The van der Waals surface area contributed by atoms with Crippen LogP contribution in [0, 0.1) is 0 Å². The van der Waals surface area contributed by atoms with Crippen LogP contribution in [0.4, 0.5) is 0 Å². The van der Waals surface area contributed by atoms with E-state index in [4.69, 9.17) is 28.9 Å². The van der Waals surface area contributed by atoms with Gasteiger partial charge in [0.05, 0.1) is 21.1 Å². The molecule has 1 heterocycles. The van der Waals surface area contributed by atoms with E-state index in [0.29, 0.717) is 22.0 Å². The van der Waals surface area contributed by atoms with Crippen molar-refractivity contribution in [2.75, 3.05) is 0 Å². The van der Waals surface area contributed by atoms with Crippen LogP contribution >= 0.6 is 23.2 Å². The molecule has 0 saturated heterocycles. The van der Waals surface area contributed by atoms with Crippen molar-refractivity contribution in [3.8, 4) is 0 Å². The minimum absolute atomic E-state index is 0.306. The van der Waals surface area contributed by atoms with Gasteiger partial charge in [-0.05, 0) is 31.4 Å². The Morgan fingerprint density at radius 3 is 2.71 bits per heavy atom. The third-order valence-electron chi connectivity index (χ3n) is 3.40. The Morgan fingerprint density at radius 1 is 1.24 bits per heavy atom. The molecule has 3 N–H and O–H groups in total. The van der Waals surface area contributed by atoms with Gasteiger partial charge in [0.25, 0.3) is 0 Å². The number of hydrogen-bond acceptors (Lipinski definition) is 2. The summed E-state index contributed by atoms with van der Waals surface area (Å²) in [5, 5.41) is 1.10. The highest BCUT2D eigenvalue weighted by molar-refractivity contribution is 6.42. The van der Waals surface area contributed by atoms with Crippen LogP contribution in [-0.2, 0) is 0 Å². The van der Waals surface area contributed by atoms with Crippen molar-refractivity contribution in [3.05, 3.63) is 28.0 Å². The van der Waals surface area contributed by atoms with Gasteiger partial charge in [0, 0.05) is 12.0 Å². The molecule has 0 amide bonds. The van der Waals surface area contributed by atoms with Gasteiger partial charge in [0.2, 0.25) is 0 Å². The second-order valence-electron chi connectivity index (χ2n) is 4.68. The SMILES string of the molecule is NC1CCC(c2nc3cc(Cl)c(Cl)cc3[nH]2)C1. The maximum Gasteiger partial charge on any atom is 0.110 e. The Bertz CT molecular complexity index is 525. The molecule has 1 aromatic heterocycles. The monoisotopic (exact) mass is 269 g/mol. The molecule has 1 fully saturated rings. The van der Waals surface area contributed by atoms with E-state index in [0.717, 1.165) is 36.1 Å². The number of fused-ring (bicyclic) bond motifs is 1. The molecule has 0 radical (unpaired) electrons. The largest absolute Gasteiger partial charge is 0.342 e. The molecule has 0 spiro atoms. The summed E-state index contributed by atoms with van der Waals surface area (Å²) in [6.45, 7) is 0. The maximum atomic E-state index is 5.98. The van der Waals surface area contributed by atoms with Crippen LogP contribution in [0.1, 0.15) is 31.0 Å². The van der Waals surface area contributed by atoms with Crippen molar-refractivity contribution in [1.82, 2.24) is 9.97 Å². The molecule has 2 aromatic rings. The summed E-state index contributed by atoms with van der Waals surface area (Å²) in [6.07, 6.45) is 3.17. The topological polar surface area (TPSA) is 54.7 Å². The summed E-state index contributed by atoms with van der Waals surface area (Å²) < 4.78 is 0. The lowest BCUT2D eigenvalue weighted by atomic mass is 10.1. The van der Waals surface area contributed by atoms with Gasteiger partial charge in [-0.15, -0.1) is 0 Å². The average Bonchev–Trinajstić information content (AvgIpc) is 2.85. The van der Waals surface area contributed by atoms with Crippen LogP contribution in [0.25, 0.3) is 11.0 Å². The molecule has 2 unspecified atom stereocenters. The highest BCUT2D eigenvalue weighted by atomic mass is 35.5. The van der Waals surface area contributed by atoms with Gasteiger partial charge in [-0.25, -0.2) is 4.98 Å². The Labute approximate surface area is 109 Å². The number of H-pyrrole nitrogens is 1. The van der Waals surface area contributed by atoms with Crippen LogP contribution in [0.5, 0.6) is 0 Å². The van der Waals surface area contributed by atoms with Crippen LogP contribution in [-0.4, -0.2) is 16.0 Å². The first kappa shape index (κ1) is 11.3. The summed E-state index contributed by atoms with van der Waals surface area (Å²) in [4.78, 5) is 7.89. The smallest absolute Gasteiger partial charge is 0.110 e. The normalized spacial score (nSPS) is 24.6. The van der Waals surface area contributed by atoms with Crippen LogP contribution in [0.15, 0.2) is 12.1 Å². The van der Waals surface area contributed by atoms with Gasteiger partial charge < -0.3 is 10.7 Å². The molecule has 3 rings (SSSR count). The number of imidazole rings is 1. The molecule has 1 saturated carbocycles. The first-order valence-corrected chi connectivity index (χ1v) is 6.49. The number of rotatable bonds is 1. The molecule has 0 aliphatic heterocycles. The molecule has 5 heteroatoms. The quantitative estimate of drug-likeness (QED) is 0.833. The van der Waals surface area contributed by atoms with Crippen molar-refractivity contribution in [2.45, 2.75) is 31.2 Å². The number of aromatic nitrogens is 2. The second-order valence-corrected chi connectivity index (χ2v) is 5.49. The molecular weight excluding hydrogens is 257 g/mol. The average molecular weight is 270 g/mol. The second kappa shape index (κ2) is 4.16. The van der Waals surface area contributed by atoms with E-state index >= 15 is 0 Å². The minimum atomic E-state index is 0.306. The number of halogens is 2. The van der Waals surface area contributed by atoms with E-state index in [1.165, 1.54) is 0 Å². The van der Waals surface area contributed by atoms with E-state index in [9.17, 15) is 0 Å². The summed E-state index contributed by atoms with van der Waals surface area (Å²) in [6, 6.07) is 3.93. The van der Waals surface area contributed by atoms with Crippen molar-refractivity contribution in [2.24, 2.45) is 5.73 Å². The number of nitrogens with two attached hydrogens (primary N) is 1. The van der Waals surface area contributed by atoms with Crippen LogP contribution in [0.2, 0.25) is 10.0 Å². The zero-order valence-corrected chi connectivity index (χ0v) is 10.7. The van der Waals surface area contributed by atoms with E-state index in [2.05, 4.69) is 9.97 Å². The third-order valence-corrected chi connectivity index (χ3v) is 4.12. The van der Waals surface area contributed by atoms with Gasteiger partial charge >= 0.3 is 0 Å². The fourth-order valence-corrected chi connectivity index (χ4v) is 2.80. The lowest BCUT2D eigenvalue weighted by Gasteiger charge is -2.04. The summed E-state index contributed by atoms with van der Waals surface area (Å²) in [7, 11) is 0. The van der Waals surface area contributed by atoms with E-state index in [-0.39, 0.29) is 0 Å². The number of aromatic amines is 1. The van der Waals surface area contributed by atoms with Crippen LogP contribution < -0.4 is 5.73 Å². The Hall–Kier alpha value is -0.770. The highest BCUT2D eigenvalue weighted by Gasteiger charge is 2.25. The summed E-state index contributed by atoms with van der Waals surface area (Å²) in [5.74, 6) is 1.45. The highest BCUT2D eigenvalue weighted by Crippen LogP contribution is 2.34. The number of benzene rings is 1.